The highest BCUT2D eigenvalue weighted by Gasteiger charge is 2.09. The molecule has 0 aromatic heterocycles. The summed E-state index contributed by atoms with van der Waals surface area (Å²) in [5.41, 5.74) is 0.615. The van der Waals surface area contributed by atoms with Crippen molar-refractivity contribution in [3.05, 3.63) is 42.0 Å². The molecule has 0 saturated carbocycles. The minimum atomic E-state index is -2.88. The molecule has 0 amide bonds. The summed E-state index contributed by atoms with van der Waals surface area (Å²) in [4.78, 5) is 10.6. The van der Waals surface area contributed by atoms with Gasteiger partial charge in [0.05, 0.1) is 6.42 Å². The first kappa shape index (κ1) is 12.3. The average Bonchev–Trinajstić information content (AvgIpc) is 2.27. The number of carboxylic acid groups (broad SMARTS) is 1. The van der Waals surface area contributed by atoms with Crippen molar-refractivity contribution >= 4 is 16.7 Å². The van der Waals surface area contributed by atoms with E-state index in [1.54, 1.807) is 30.3 Å². The molecule has 0 atom stereocenters. The largest absolute Gasteiger partial charge is 0.481 e. The summed E-state index contributed by atoms with van der Waals surface area (Å²) in [6.07, 6.45) is -0.101. The van der Waals surface area contributed by atoms with Crippen LogP contribution in [0, 0.1) is 0 Å². The van der Waals surface area contributed by atoms with Gasteiger partial charge in [0.15, 0.2) is 0 Å². The van der Waals surface area contributed by atoms with Crippen molar-refractivity contribution in [3.8, 4) is 5.75 Å². The van der Waals surface area contributed by atoms with E-state index in [0.717, 1.165) is 0 Å². The van der Waals surface area contributed by atoms with E-state index in [1.165, 1.54) is 6.07 Å². The Morgan fingerprint density at radius 1 is 1.28 bits per heavy atom. The van der Waals surface area contributed by atoms with Gasteiger partial charge in [0, 0.05) is 5.39 Å². The van der Waals surface area contributed by atoms with E-state index in [1.807, 2.05) is 0 Å². The Morgan fingerprint density at radius 3 is 2.72 bits per heavy atom. The summed E-state index contributed by atoms with van der Waals surface area (Å²) < 4.78 is 28.8. The minimum Gasteiger partial charge on any atom is -0.481 e. The smallest absolute Gasteiger partial charge is 0.387 e. The SMILES string of the molecule is O=C(O)Cc1ccc2c(OC(F)F)cccc2c1. The second-order valence-corrected chi connectivity index (χ2v) is 3.76. The second kappa shape index (κ2) is 5.00. The number of carboxylic acids is 1. The van der Waals surface area contributed by atoms with Crippen LogP contribution in [0.5, 0.6) is 5.75 Å². The molecule has 1 N–H and O–H groups in total. The van der Waals surface area contributed by atoms with Crippen LogP contribution in [0.25, 0.3) is 10.8 Å². The predicted octanol–water partition coefficient (Wildman–Crippen LogP) is 3.07. The molecule has 2 rings (SSSR count). The molecular weight excluding hydrogens is 242 g/mol. The van der Waals surface area contributed by atoms with Crippen LogP contribution in [-0.4, -0.2) is 17.7 Å². The molecule has 0 spiro atoms. The number of alkyl halides is 2. The van der Waals surface area contributed by atoms with Crippen LogP contribution in [0.15, 0.2) is 36.4 Å². The van der Waals surface area contributed by atoms with Gasteiger partial charge < -0.3 is 9.84 Å². The van der Waals surface area contributed by atoms with Gasteiger partial charge in [-0.3, -0.25) is 4.79 Å². The Morgan fingerprint density at radius 2 is 2.06 bits per heavy atom. The Balaban J connectivity index is 2.43. The van der Waals surface area contributed by atoms with Gasteiger partial charge in [-0.1, -0.05) is 30.3 Å². The summed E-state index contributed by atoms with van der Waals surface area (Å²) in [6.45, 7) is -2.88. The number of fused-ring (bicyclic) bond motifs is 1. The van der Waals surface area contributed by atoms with Crippen LogP contribution < -0.4 is 4.74 Å². The van der Waals surface area contributed by atoms with E-state index in [9.17, 15) is 13.6 Å². The van der Waals surface area contributed by atoms with Crippen LogP contribution in [0.1, 0.15) is 5.56 Å². The van der Waals surface area contributed by atoms with E-state index >= 15 is 0 Å². The van der Waals surface area contributed by atoms with Crippen molar-refractivity contribution in [1.82, 2.24) is 0 Å². The van der Waals surface area contributed by atoms with E-state index in [4.69, 9.17) is 5.11 Å². The summed E-state index contributed by atoms with van der Waals surface area (Å²) in [6, 6.07) is 9.59. The molecule has 0 aliphatic heterocycles. The summed E-state index contributed by atoms with van der Waals surface area (Å²) in [7, 11) is 0. The van der Waals surface area contributed by atoms with Crippen molar-refractivity contribution in [2.45, 2.75) is 13.0 Å². The number of benzene rings is 2. The number of aliphatic carboxylic acids is 1. The number of rotatable bonds is 4. The fourth-order valence-electron chi connectivity index (χ4n) is 1.79. The maximum absolute atomic E-state index is 12.2. The molecule has 0 saturated heterocycles. The lowest BCUT2D eigenvalue weighted by Crippen LogP contribution is -2.03. The number of carbonyl (C=O) groups is 1. The Bertz CT molecular complexity index is 581. The molecule has 0 heterocycles. The normalized spacial score (nSPS) is 10.8. The monoisotopic (exact) mass is 252 g/mol. The van der Waals surface area contributed by atoms with Gasteiger partial charge in [0.25, 0.3) is 0 Å². The highest BCUT2D eigenvalue weighted by atomic mass is 19.3. The molecule has 0 radical (unpaired) electrons. The number of hydrogen-bond acceptors (Lipinski definition) is 2. The fraction of sp³-hybridized carbons (Fsp3) is 0.154. The van der Waals surface area contributed by atoms with Crippen LogP contribution in [-0.2, 0) is 11.2 Å². The van der Waals surface area contributed by atoms with Gasteiger partial charge in [0.1, 0.15) is 5.75 Å². The molecule has 0 aliphatic carbocycles. The highest BCUT2D eigenvalue weighted by Crippen LogP contribution is 2.27. The van der Waals surface area contributed by atoms with E-state index in [2.05, 4.69) is 4.74 Å². The molecule has 0 aliphatic rings. The van der Waals surface area contributed by atoms with Crippen LogP contribution in [0.2, 0.25) is 0 Å². The van der Waals surface area contributed by atoms with Crippen molar-refractivity contribution < 1.29 is 23.4 Å². The number of hydrogen-bond donors (Lipinski definition) is 1. The third-order valence-corrected chi connectivity index (χ3v) is 2.48. The summed E-state index contributed by atoms with van der Waals surface area (Å²) in [5.74, 6) is -0.848. The highest BCUT2D eigenvalue weighted by molar-refractivity contribution is 5.89. The van der Waals surface area contributed by atoms with Gasteiger partial charge in [-0.25, -0.2) is 0 Å². The first-order chi connectivity index (χ1) is 8.56. The third-order valence-electron chi connectivity index (χ3n) is 2.48. The Labute approximate surface area is 102 Å². The van der Waals surface area contributed by atoms with Crippen molar-refractivity contribution in [2.24, 2.45) is 0 Å². The number of halogens is 2. The molecule has 2 aromatic carbocycles. The first-order valence-corrected chi connectivity index (χ1v) is 5.24. The zero-order valence-corrected chi connectivity index (χ0v) is 9.27. The van der Waals surface area contributed by atoms with Gasteiger partial charge in [-0.2, -0.15) is 8.78 Å². The molecule has 2 aromatic rings. The average molecular weight is 252 g/mol. The maximum Gasteiger partial charge on any atom is 0.387 e. The summed E-state index contributed by atoms with van der Waals surface area (Å²) in [5, 5.41) is 9.90. The standard InChI is InChI=1S/C13H10F2O3/c14-13(15)18-11-3-1-2-9-6-8(7-12(16)17)4-5-10(9)11/h1-6,13H,7H2,(H,16,17). The fourth-order valence-corrected chi connectivity index (χ4v) is 1.79. The first-order valence-electron chi connectivity index (χ1n) is 5.24. The Kier molecular flexibility index (Phi) is 3.41. The molecule has 3 nitrogen and oxygen atoms in total. The maximum atomic E-state index is 12.2. The van der Waals surface area contributed by atoms with Crippen molar-refractivity contribution in [3.63, 3.8) is 0 Å². The molecule has 0 fully saturated rings. The lowest BCUT2D eigenvalue weighted by atomic mass is 10.0. The van der Waals surface area contributed by atoms with Crippen LogP contribution in [0.3, 0.4) is 0 Å². The zero-order chi connectivity index (χ0) is 13.1. The van der Waals surface area contributed by atoms with Gasteiger partial charge >= 0.3 is 12.6 Å². The van der Waals surface area contributed by atoms with E-state index in [0.29, 0.717) is 16.3 Å². The zero-order valence-electron chi connectivity index (χ0n) is 9.27. The topological polar surface area (TPSA) is 46.5 Å². The quantitative estimate of drug-likeness (QED) is 0.909. The van der Waals surface area contributed by atoms with Gasteiger partial charge in [-0.15, -0.1) is 0 Å². The third kappa shape index (κ3) is 2.74. The van der Waals surface area contributed by atoms with Crippen molar-refractivity contribution in [2.75, 3.05) is 0 Å². The summed E-state index contributed by atoms with van der Waals surface area (Å²) >= 11 is 0. The van der Waals surface area contributed by atoms with Gasteiger partial charge in [0.2, 0.25) is 0 Å². The molecule has 0 unspecified atom stereocenters. The van der Waals surface area contributed by atoms with Crippen LogP contribution >= 0.6 is 0 Å². The predicted molar refractivity (Wildman–Crippen MR) is 61.9 cm³/mol. The van der Waals surface area contributed by atoms with E-state index in [-0.39, 0.29) is 12.2 Å². The van der Waals surface area contributed by atoms with Gasteiger partial charge in [-0.05, 0) is 17.0 Å². The molecule has 94 valence electrons. The molecule has 5 heteroatoms. The Hall–Kier alpha value is -2.17. The molecule has 18 heavy (non-hydrogen) atoms. The van der Waals surface area contributed by atoms with Crippen molar-refractivity contribution in [1.29, 1.82) is 0 Å². The van der Waals surface area contributed by atoms with Crippen LogP contribution in [0.4, 0.5) is 8.78 Å². The molecular formula is C13H10F2O3. The number of ether oxygens (including phenoxy) is 1. The second-order valence-electron chi connectivity index (χ2n) is 3.76. The lowest BCUT2D eigenvalue weighted by Gasteiger charge is -2.08. The molecule has 0 bridgehead atoms. The minimum absolute atomic E-state index is 0.0874. The lowest BCUT2D eigenvalue weighted by molar-refractivity contribution is -0.136. The van der Waals surface area contributed by atoms with E-state index < -0.39 is 12.6 Å².